The molecule has 2 rings (SSSR count). The fourth-order valence-corrected chi connectivity index (χ4v) is 3.52. The SMILES string of the molecule is CCn1nc(C)cc1S(=O)(=O)NC[C@@H]1CCCN1. The van der Waals surface area contributed by atoms with Gasteiger partial charge in [0.15, 0.2) is 5.03 Å². The molecule has 0 unspecified atom stereocenters. The van der Waals surface area contributed by atoms with Crippen molar-refractivity contribution in [1.82, 2.24) is 19.8 Å². The highest BCUT2D eigenvalue weighted by Crippen LogP contribution is 2.12. The molecule has 0 spiro atoms. The second-order valence-corrected chi connectivity index (χ2v) is 6.30. The average molecular weight is 272 g/mol. The quantitative estimate of drug-likeness (QED) is 0.805. The summed E-state index contributed by atoms with van der Waals surface area (Å²) in [5, 5.41) is 7.67. The third-order valence-corrected chi connectivity index (χ3v) is 4.55. The van der Waals surface area contributed by atoms with Crippen molar-refractivity contribution in [3.8, 4) is 0 Å². The number of sulfonamides is 1. The van der Waals surface area contributed by atoms with Gasteiger partial charge in [-0.1, -0.05) is 0 Å². The van der Waals surface area contributed by atoms with Gasteiger partial charge in [-0.15, -0.1) is 0 Å². The van der Waals surface area contributed by atoms with Gasteiger partial charge in [-0.25, -0.2) is 13.1 Å². The average Bonchev–Trinajstić information content (AvgIpc) is 2.95. The van der Waals surface area contributed by atoms with Crippen molar-refractivity contribution in [1.29, 1.82) is 0 Å². The summed E-state index contributed by atoms with van der Waals surface area (Å²) in [5.74, 6) is 0. The molecule has 2 heterocycles. The first-order valence-electron chi connectivity index (χ1n) is 6.30. The minimum absolute atomic E-state index is 0.249. The Kier molecular flexibility index (Phi) is 4.04. The van der Waals surface area contributed by atoms with Crippen LogP contribution in [0, 0.1) is 6.92 Å². The number of hydrogen-bond acceptors (Lipinski definition) is 4. The van der Waals surface area contributed by atoms with Gasteiger partial charge in [-0.3, -0.25) is 4.68 Å². The molecule has 2 N–H and O–H groups in total. The maximum Gasteiger partial charge on any atom is 0.257 e. The molecular formula is C11H20N4O2S. The van der Waals surface area contributed by atoms with E-state index in [1.165, 1.54) is 4.68 Å². The predicted octanol–water partition coefficient (Wildman–Crippen LogP) is 0.242. The molecule has 0 bridgehead atoms. The normalized spacial score (nSPS) is 20.4. The fourth-order valence-electron chi connectivity index (χ4n) is 2.18. The summed E-state index contributed by atoms with van der Waals surface area (Å²) < 4.78 is 28.5. The van der Waals surface area contributed by atoms with Crippen molar-refractivity contribution in [2.24, 2.45) is 0 Å². The summed E-state index contributed by atoms with van der Waals surface area (Å²) in [6, 6.07) is 1.85. The minimum atomic E-state index is -3.46. The van der Waals surface area contributed by atoms with Crippen LogP contribution in [0.25, 0.3) is 0 Å². The Bertz CT molecular complexity index is 503. The molecule has 7 heteroatoms. The van der Waals surface area contributed by atoms with E-state index in [0.29, 0.717) is 13.1 Å². The van der Waals surface area contributed by atoms with E-state index in [2.05, 4.69) is 15.1 Å². The monoisotopic (exact) mass is 272 g/mol. The Hall–Kier alpha value is -0.920. The highest BCUT2D eigenvalue weighted by atomic mass is 32.2. The van der Waals surface area contributed by atoms with E-state index in [0.717, 1.165) is 25.1 Å². The summed E-state index contributed by atoms with van der Waals surface area (Å²) in [7, 11) is -3.46. The molecule has 0 saturated carbocycles. The summed E-state index contributed by atoms with van der Waals surface area (Å²) in [5.41, 5.74) is 0.719. The number of aromatic nitrogens is 2. The van der Waals surface area contributed by atoms with E-state index in [-0.39, 0.29) is 11.1 Å². The van der Waals surface area contributed by atoms with Gasteiger partial charge in [0.25, 0.3) is 10.0 Å². The molecule has 1 aromatic rings. The lowest BCUT2D eigenvalue weighted by atomic mass is 10.2. The zero-order valence-corrected chi connectivity index (χ0v) is 11.6. The lowest BCUT2D eigenvalue weighted by Crippen LogP contribution is -2.37. The molecule has 1 aliphatic rings. The summed E-state index contributed by atoms with van der Waals surface area (Å²) in [6.45, 7) is 5.63. The zero-order chi connectivity index (χ0) is 13.2. The minimum Gasteiger partial charge on any atom is -0.313 e. The maximum absolute atomic E-state index is 12.2. The van der Waals surface area contributed by atoms with Gasteiger partial charge < -0.3 is 5.32 Å². The Labute approximate surface area is 108 Å². The van der Waals surface area contributed by atoms with Gasteiger partial charge in [-0.05, 0) is 39.3 Å². The largest absolute Gasteiger partial charge is 0.313 e. The van der Waals surface area contributed by atoms with Gasteiger partial charge in [0.05, 0.1) is 5.69 Å². The lowest BCUT2D eigenvalue weighted by Gasteiger charge is -2.12. The van der Waals surface area contributed by atoms with Gasteiger partial charge in [0.1, 0.15) is 0 Å². The molecule has 6 nitrogen and oxygen atoms in total. The van der Waals surface area contributed by atoms with Gasteiger partial charge in [0, 0.05) is 19.1 Å². The number of hydrogen-bond donors (Lipinski definition) is 2. The second kappa shape index (κ2) is 5.38. The first-order valence-corrected chi connectivity index (χ1v) is 7.78. The molecule has 0 amide bonds. The standard InChI is InChI=1S/C11H20N4O2S/c1-3-15-11(7-9(2)14-15)18(16,17)13-8-10-5-4-6-12-10/h7,10,12-13H,3-6,8H2,1-2H3/t10-/m0/s1. The Balaban J connectivity index is 2.09. The van der Waals surface area contributed by atoms with Crippen molar-refractivity contribution in [2.45, 2.75) is 44.3 Å². The second-order valence-electron chi connectivity index (χ2n) is 4.58. The summed E-state index contributed by atoms with van der Waals surface area (Å²) >= 11 is 0. The van der Waals surface area contributed by atoms with Gasteiger partial charge >= 0.3 is 0 Å². The lowest BCUT2D eigenvalue weighted by molar-refractivity contribution is 0.528. The highest BCUT2D eigenvalue weighted by molar-refractivity contribution is 7.89. The van der Waals surface area contributed by atoms with Crippen molar-refractivity contribution in [3.63, 3.8) is 0 Å². The summed E-state index contributed by atoms with van der Waals surface area (Å²) in [4.78, 5) is 0. The van der Waals surface area contributed by atoms with Crippen LogP contribution in [0.2, 0.25) is 0 Å². The number of nitrogens with zero attached hydrogens (tertiary/aromatic N) is 2. The third-order valence-electron chi connectivity index (χ3n) is 3.12. The topological polar surface area (TPSA) is 76.0 Å². The van der Waals surface area contributed by atoms with E-state index in [9.17, 15) is 8.42 Å². The Morgan fingerprint density at radius 2 is 2.39 bits per heavy atom. The summed E-state index contributed by atoms with van der Waals surface area (Å²) in [6.07, 6.45) is 2.13. The molecule has 1 fully saturated rings. The Morgan fingerprint density at radius 3 is 3.00 bits per heavy atom. The molecule has 0 radical (unpaired) electrons. The van der Waals surface area contributed by atoms with Crippen LogP contribution in [0.15, 0.2) is 11.1 Å². The van der Waals surface area contributed by atoms with Crippen LogP contribution in [0.4, 0.5) is 0 Å². The molecule has 0 aromatic carbocycles. The number of aryl methyl sites for hydroxylation is 2. The van der Waals surface area contributed by atoms with E-state index >= 15 is 0 Å². The molecule has 102 valence electrons. The van der Waals surface area contributed by atoms with E-state index in [1.807, 2.05) is 6.92 Å². The molecule has 18 heavy (non-hydrogen) atoms. The number of rotatable bonds is 5. The molecule has 1 saturated heterocycles. The predicted molar refractivity (Wildman–Crippen MR) is 68.9 cm³/mol. The molecule has 1 aliphatic heterocycles. The highest BCUT2D eigenvalue weighted by Gasteiger charge is 2.22. The van der Waals surface area contributed by atoms with Gasteiger partial charge in [-0.2, -0.15) is 5.10 Å². The van der Waals surface area contributed by atoms with Gasteiger partial charge in [0.2, 0.25) is 0 Å². The van der Waals surface area contributed by atoms with Crippen LogP contribution in [0.5, 0.6) is 0 Å². The molecular weight excluding hydrogens is 252 g/mol. The molecule has 1 aromatic heterocycles. The zero-order valence-electron chi connectivity index (χ0n) is 10.8. The van der Waals surface area contributed by atoms with Crippen molar-refractivity contribution >= 4 is 10.0 Å². The maximum atomic E-state index is 12.2. The van der Waals surface area contributed by atoms with Crippen LogP contribution < -0.4 is 10.0 Å². The number of nitrogens with one attached hydrogen (secondary N) is 2. The van der Waals surface area contributed by atoms with Crippen LogP contribution >= 0.6 is 0 Å². The van der Waals surface area contributed by atoms with Crippen molar-refractivity contribution < 1.29 is 8.42 Å². The van der Waals surface area contributed by atoms with E-state index in [1.54, 1.807) is 13.0 Å². The van der Waals surface area contributed by atoms with E-state index in [4.69, 9.17) is 0 Å². The molecule has 1 atom stereocenters. The first-order chi connectivity index (χ1) is 8.53. The van der Waals surface area contributed by atoms with E-state index < -0.39 is 10.0 Å². The molecule has 0 aliphatic carbocycles. The van der Waals surface area contributed by atoms with Crippen LogP contribution in [-0.2, 0) is 16.6 Å². The first kappa shape index (κ1) is 13.5. The van der Waals surface area contributed by atoms with Crippen molar-refractivity contribution in [2.75, 3.05) is 13.1 Å². The van der Waals surface area contributed by atoms with Crippen LogP contribution in [0.1, 0.15) is 25.5 Å². The smallest absolute Gasteiger partial charge is 0.257 e. The van der Waals surface area contributed by atoms with Crippen LogP contribution in [-0.4, -0.2) is 37.3 Å². The van der Waals surface area contributed by atoms with Crippen LogP contribution in [0.3, 0.4) is 0 Å². The fraction of sp³-hybridized carbons (Fsp3) is 0.727. The van der Waals surface area contributed by atoms with Crippen molar-refractivity contribution in [3.05, 3.63) is 11.8 Å². The third kappa shape index (κ3) is 2.90. The Morgan fingerprint density at radius 1 is 1.61 bits per heavy atom.